The highest BCUT2D eigenvalue weighted by Crippen LogP contribution is 2.19. The van der Waals surface area contributed by atoms with Crippen LogP contribution in [0.15, 0.2) is 43.2 Å². The first kappa shape index (κ1) is 17.3. The van der Waals surface area contributed by atoms with E-state index in [4.69, 9.17) is 0 Å². The van der Waals surface area contributed by atoms with E-state index in [1.165, 1.54) is 0 Å². The average Bonchev–Trinajstić information content (AvgIpc) is 3.16. The fourth-order valence-electron chi connectivity index (χ4n) is 3.11. The summed E-state index contributed by atoms with van der Waals surface area (Å²) in [6.07, 6.45) is 12.2. The van der Waals surface area contributed by atoms with Crippen molar-refractivity contribution < 1.29 is 4.79 Å². The number of pyridine rings is 1. The van der Waals surface area contributed by atoms with Gasteiger partial charge in [-0.05, 0) is 37.3 Å². The van der Waals surface area contributed by atoms with E-state index < -0.39 is 0 Å². The van der Waals surface area contributed by atoms with Crippen molar-refractivity contribution in [3.63, 3.8) is 0 Å². The van der Waals surface area contributed by atoms with Crippen LogP contribution in [0.2, 0.25) is 0 Å². The van der Waals surface area contributed by atoms with Gasteiger partial charge in [0.15, 0.2) is 0 Å². The summed E-state index contributed by atoms with van der Waals surface area (Å²) < 4.78 is 2.12. The van der Waals surface area contributed by atoms with Crippen molar-refractivity contribution in [1.29, 1.82) is 0 Å². The maximum absolute atomic E-state index is 12.2. The average molecular weight is 342 g/mol. The fraction of sp³-hybridized carbons (Fsp3) is 0.500. The van der Waals surface area contributed by atoms with Crippen LogP contribution in [0.4, 0.5) is 10.5 Å². The van der Waals surface area contributed by atoms with Crippen LogP contribution in [0.3, 0.4) is 0 Å². The van der Waals surface area contributed by atoms with E-state index >= 15 is 0 Å². The van der Waals surface area contributed by atoms with Gasteiger partial charge >= 0.3 is 6.03 Å². The van der Waals surface area contributed by atoms with Crippen molar-refractivity contribution in [3.8, 4) is 0 Å². The molecule has 0 aliphatic carbocycles. The number of nitrogens with one attached hydrogen (secondary N) is 2. The van der Waals surface area contributed by atoms with E-state index in [9.17, 15) is 4.79 Å². The number of piperidine rings is 1. The normalized spacial score (nSPS) is 15.1. The first-order valence-electron chi connectivity index (χ1n) is 8.93. The first-order chi connectivity index (χ1) is 12.3. The molecule has 0 unspecified atom stereocenters. The number of hydrogen-bond donors (Lipinski definition) is 2. The summed E-state index contributed by atoms with van der Waals surface area (Å²) in [5.74, 6) is 0.627. The minimum Gasteiger partial charge on any atom is -0.384 e. The van der Waals surface area contributed by atoms with Crippen LogP contribution in [0.5, 0.6) is 0 Å². The molecule has 1 fully saturated rings. The van der Waals surface area contributed by atoms with Gasteiger partial charge in [0.2, 0.25) is 0 Å². The van der Waals surface area contributed by atoms with Crippen LogP contribution in [-0.2, 0) is 6.54 Å². The predicted molar refractivity (Wildman–Crippen MR) is 97.3 cm³/mol. The number of imidazole rings is 1. The number of hydrogen-bond acceptors (Lipinski definition) is 4. The summed E-state index contributed by atoms with van der Waals surface area (Å²) in [4.78, 5) is 22.3. The van der Waals surface area contributed by atoms with Crippen LogP contribution in [0.1, 0.15) is 19.3 Å². The number of likely N-dealkylation sites (tertiary alicyclic amines) is 1. The topological polar surface area (TPSA) is 75.1 Å². The molecular formula is C18H26N6O. The number of carbonyl (C=O) groups excluding carboxylic acids is 1. The molecule has 0 saturated carbocycles. The molecule has 2 amide bonds. The molecule has 3 rings (SSSR count). The molecule has 0 spiro atoms. The van der Waals surface area contributed by atoms with Gasteiger partial charge in [-0.1, -0.05) is 0 Å². The highest BCUT2D eigenvalue weighted by atomic mass is 16.2. The van der Waals surface area contributed by atoms with Crippen molar-refractivity contribution in [1.82, 2.24) is 24.8 Å². The maximum Gasteiger partial charge on any atom is 0.317 e. The van der Waals surface area contributed by atoms with E-state index in [0.29, 0.717) is 12.5 Å². The van der Waals surface area contributed by atoms with E-state index in [2.05, 4.69) is 25.2 Å². The van der Waals surface area contributed by atoms with Crippen LogP contribution < -0.4 is 10.6 Å². The molecule has 7 heteroatoms. The summed E-state index contributed by atoms with van der Waals surface area (Å²) in [5, 5.41) is 6.31. The van der Waals surface area contributed by atoms with Gasteiger partial charge in [0, 0.05) is 57.5 Å². The number of urea groups is 1. The third-order valence-electron chi connectivity index (χ3n) is 4.55. The SMILES string of the molecule is O=C(NCCCNc1cccnc1)N1CCC(Cn2ccnc2)CC1. The molecule has 1 aliphatic rings. The molecule has 2 N–H and O–H groups in total. The smallest absolute Gasteiger partial charge is 0.317 e. The third kappa shape index (κ3) is 5.48. The number of aromatic nitrogens is 3. The second-order valence-corrected chi connectivity index (χ2v) is 6.44. The molecule has 2 aromatic rings. The fourth-order valence-corrected chi connectivity index (χ4v) is 3.11. The van der Waals surface area contributed by atoms with Crippen molar-refractivity contribution in [2.75, 3.05) is 31.5 Å². The van der Waals surface area contributed by atoms with Crippen LogP contribution >= 0.6 is 0 Å². The summed E-state index contributed by atoms with van der Waals surface area (Å²) in [5.41, 5.74) is 1.01. The van der Waals surface area contributed by atoms with Gasteiger partial charge in [-0.15, -0.1) is 0 Å². The minimum absolute atomic E-state index is 0.0578. The Kier molecular flexibility index (Phi) is 6.25. The lowest BCUT2D eigenvalue weighted by atomic mass is 9.97. The molecule has 2 aromatic heterocycles. The molecule has 0 atom stereocenters. The summed E-state index contributed by atoms with van der Waals surface area (Å²) in [6.45, 7) is 4.16. The van der Waals surface area contributed by atoms with Crippen molar-refractivity contribution in [3.05, 3.63) is 43.2 Å². The highest BCUT2D eigenvalue weighted by Gasteiger charge is 2.22. The zero-order chi connectivity index (χ0) is 17.3. The first-order valence-corrected chi connectivity index (χ1v) is 8.93. The molecule has 1 saturated heterocycles. The Bertz CT molecular complexity index is 622. The van der Waals surface area contributed by atoms with E-state index in [-0.39, 0.29) is 6.03 Å². The number of rotatable bonds is 7. The van der Waals surface area contributed by atoms with Gasteiger partial charge in [-0.2, -0.15) is 0 Å². The monoisotopic (exact) mass is 342 g/mol. The predicted octanol–water partition coefficient (Wildman–Crippen LogP) is 2.20. The molecule has 25 heavy (non-hydrogen) atoms. The molecule has 1 aliphatic heterocycles. The number of amides is 2. The number of nitrogens with zero attached hydrogens (tertiary/aromatic N) is 4. The molecular weight excluding hydrogens is 316 g/mol. The minimum atomic E-state index is 0.0578. The van der Waals surface area contributed by atoms with Crippen LogP contribution in [-0.4, -0.2) is 51.6 Å². The summed E-state index contributed by atoms with van der Waals surface area (Å²) in [6, 6.07) is 3.95. The Hall–Kier alpha value is -2.57. The number of carbonyl (C=O) groups is 1. The van der Waals surface area contributed by atoms with Crippen molar-refractivity contribution in [2.45, 2.75) is 25.8 Å². The van der Waals surface area contributed by atoms with Gasteiger partial charge in [0.05, 0.1) is 12.0 Å². The highest BCUT2D eigenvalue weighted by molar-refractivity contribution is 5.74. The Morgan fingerprint density at radius 3 is 2.80 bits per heavy atom. The third-order valence-corrected chi connectivity index (χ3v) is 4.55. The van der Waals surface area contributed by atoms with Crippen molar-refractivity contribution >= 4 is 11.7 Å². The molecule has 0 aromatic carbocycles. The second-order valence-electron chi connectivity index (χ2n) is 6.44. The lowest BCUT2D eigenvalue weighted by molar-refractivity contribution is 0.165. The Morgan fingerprint density at radius 1 is 1.20 bits per heavy atom. The lowest BCUT2D eigenvalue weighted by Crippen LogP contribution is -2.45. The van der Waals surface area contributed by atoms with Crippen LogP contribution in [0, 0.1) is 5.92 Å². The Balaban J connectivity index is 1.27. The lowest BCUT2D eigenvalue weighted by Gasteiger charge is -2.32. The largest absolute Gasteiger partial charge is 0.384 e. The van der Waals surface area contributed by atoms with Gasteiger partial charge < -0.3 is 20.1 Å². The standard InChI is InChI=1S/C18H26N6O/c25-18(22-8-2-7-21-17-3-1-6-19-13-17)24-10-4-16(5-11-24)14-23-12-9-20-15-23/h1,3,6,9,12-13,15-16,21H,2,4-5,7-8,10-11,14H2,(H,22,25). The Labute approximate surface area is 148 Å². The van der Waals surface area contributed by atoms with Gasteiger partial charge in [0.25, 0.3) is 0 Å². The quantitative estimate of drug-likeness (QED) is 0.757. The van der Waals surface area contributed by atoms with Gasteiger partial charge in [-0.3, -0.25) is 4.98 Å². The zero-order valence-electron chi connectivity index (χ0n) is 14.5. The van der Waals surface area contributed by atoms with Gasteiger partial charge in [-0.25, -0.2) is 9.78 Å². The molecule has 7 nitrogen and oxygen atoms in total. The number of anilines is 1. The molecule has 134 valence electrons. The summed E-state index contributed by atoms with van der Waals surface area (Å²) in [7, 11) is 0. The second kappa shape index (κ2) is 9.05. The van der Waals surface area contributed by atoms with Crippen molar-refractivity contribution in [2.24, 2.45) is 5.92 Å². The van der Waals surface area contributed by atoms with Gasteiger partial charge in [0.1, 0.15) is 0 Å². The zero-order valence-corrected chi connectivity index (χ0v) is 14.5. The molecule has 3 heterocycles. The Morgan fingerprint density at radius 2 is 2.08 bits per heavy atom. The van der Waals surface area contributed by atoms with Crippen LogP contribution in [0.25, 0.3) is 0 Å². The maximum atomic E-state index is 12.2. The van der Waals surface area contributed by atoms with E-state index in [1.807, 2.05) is 35.8 Å². The van der Waals surface area contributed by atoms with E-state index in [0.717, 1.165) is 51.1 Å². The van der Waals surface area contributed by atoms with E-state index in [1.54, 1.807) is 12.4 Å². The molecule has 0 bridgehead atoms. The molecule has 0 radical (unpaired) electrons. The summed E-state index contributed by atoms with van der Waals surface area (Å²) >= 11 is 0.